The Balaban J connectivity index is 1.95. The van der Waals surface area contributed by atoms with Crippen molar-refractivity contribution in [2.45, 2.75) is 6.18 Å². The predicted molar refractivity (Wildman–Crippen MR) is 94.5 cm³/mol. The van der Waals surface area contributed by atoms with Gasteiger partial charge in [0.2, 0.25) is 5.95 Å². The molecule has 26 heavy (non-hydrogen) atoms. The molecule has 0 radical (unpaired) electrons. The van der Waals surface area contributed by atoms with Crippen molar-refractivity contribution in [3.8, 4) is 11.3 Å². The molecule has 0 aliphatic heterocycles. The highest BCUT2D eigenvalue weighted by Crippen LogP contribution is 2.35. The summed E-state index contributed by atoms with van der Waals surface area (Å²) in [5.74, 6) is 0.739. The van der Waals surface area contributed by atoms with Crippen LogP contribution in [-0.2, 0) is 6.18 Å². The van der Waals surface area contributed by atoms with Crippen LogP contribution >= 0.6 is 11.6 Å². The summed E-state index contributed by atoms with van der Waals surface area (Å²) < 4.78 is 38.3. The van der Waals surface area contributed by atoms with Gasteiger partial charge in [0.1, 0.15) is 5.82 Å². The Hall–Kier alpha value is -2.87. The molecule has 9 heteroatoms. The van der Waals surface area contributed by atoms with Gasteiger partial charge in [-0.05, 0) is 30.3 Å². The zero-order valence-corrected chi connectivity index (χ0v) is 14.2. The maximum absolute atomic E-state index is 12.8. The van der Waals surface area contributed by atoms with Crippen LogP contribution in [0.3, 0.4) is 0 Å². The molecule has 0 unspecified atom stereocenters. The zero-order chi connectivity index (χ0) is 18.7. The van der Waals surface area contributed by atoms with E-state index in [2.05, 4.69) is 25.6 Å². The standard InChI is InChI=1S/C17H13ClF3N5/c1-22-16-25-14(10-4-6-23-7-5-10)9-15(26-16)24-13-3-2-11(8-12(13)18)17(19,20)21/h2-9H,1H3,(H2,22,24,25,26). The van der Waals surface area contributed by atoms with E-state index in [1.165, 1.54) is 6.07 Å². The highest BCUT2D eigenvalue weighted by molar-refractivity contribution is 6.33. The minimum atomic E-state index is -4.45. The number of benzene rings is 1. The van der Waals surface area contributed by atoms with Crippen molar-refractivity contribution >= 4 is 29.1 Å². The fourth-order valence-electron chi connectivity index (χ4n) is 2.22. The number of halogens is 4. The Bertz CT molecular complexity index is 916. The van der Waals surface area contributed by atoms with Crippen molar-refractivity contribution < 1.29 is 13.2 Å². The minimum Gasteiger partial charge on any atom is -0.357 e. The predicted octanol–water partition coefficient (Wildman–Crippen LogP) is 5.00. The molecule has 2 heterocycles. The molecule has 0 fully saturated rings. The van der Waals surface area contributed by atoms with E-state index in [9.17, 15) is 13.2 Å². The number of aromatic nitrogens is 3. The SMILES string of the molecule is CNc1nc(Nc2ccc(C(F)(F)F)cc2Cl)cc(-c2ccncc2)n1. The second-order valence-electron chi connectivity index (χ2n) is 5.27. The monoisotopic (exact) mass is 379 g/mol. The largest absolute Gasteiger partial charge is 0.416 e. The van der Waals surface area contributed by atoms with Crippen LogP contribution in [0.2, 0.25) is 5.02 Å². The van der Waals surface area contributed by atoms with Gasteiger partial charge in [0.05, 0.1) is 22.0 Å². The van der Waals surface area contributed by atoms with Crippen LogP contribution < -0.4 is 10.6 Å². The Morgan fingerprint density at radius 2 is 1.73 bits per heavy atom. The summed E-state index contributed by atoms with van der Waals surface area (Å²) in [5.41, 5.74) is 0.933. The fourth-order valence-corrected chi connectivity index (χ4v) is 2.45. The third-order valence-electron chi connectivity index (χ3n) is 3.48. The van der Waals surface area contributed by atoms with E-state index >= 15 is 0 Å². The van der Waals surface area contributed by atoms with Gasteiger partial charge in [-0.15, -0.1) is 0 Å². The van der Waals surface area contributed by atoms with Crippen molar-refractivity contribution in [1.29, 1.82) is 0 Å². The number of hydrogen-bond acceptors (Lipinski definition) is 5. The number of pyridine rings is 1. The van der Waals surface area contributed by atoms with E-state index < -0.39 is 11.7 Å². The molecule has 0 atom stereocenters. The lowest BCUT2D eigenvalue weighted by Gasteiger charge is -2.13. The van der Waals surface area contributed by atoms with Gasteiger partial charge in [-0.2, -0.15) is 18.2 Å². The second kappa shape index (κ2) is 7.17. The zero-order valence-electron chi connectivity index (χ0n) is 13.5. The van der Waals surface area contributed by atoms with Gasteiger partial charge in [-0.1, -0.05) is 11.6 Å². The second-order valence-corrected chi connectivity index (χ2v) is 5.67. The van der Waals surface area contributed by atoms with Crippen molar-refractivity contribution in [3.05, 3.63) is 59.4 Å². The molecule has 3 aromatic rings. The Morgan fingerprint density at radius 1 is 1.00 bits per heavy atom. The summed E-state index contributed by atoms with van der Waals surface area (Å²) >= 11 is 5.99. The van der Waals surface area contributed by atoms with E-state index in [4.69, 9.17) is 11.6 Å². The van der Waals surface area contributed by atoms with E-state index in [1.807, 2.05) is 0 Å². The number of alkyl halides is 3. The van der Waals surface area contributed by atoms with Crippen LogP contribution in [0.25, 0.3) is 11.3 Å². The molecule has 0 spiro atoms. The van der Waals surface area contributed by atoms with E-state index in [0.29, 0.717) is 23.1 Å². The van der Waals surface area contributed by atoms with Crippen LogP contribution in [0, 0.1) is 0 Å². The lowest BCUT2D eigenvalue weighted by atomic mass is 10.2. The number of nitrogens with zero attached hydrogens (tertiary/aromatic N) is 3. The molecule has 0 amide bonds. The molecular formula is C17H13ClF3N5. The maximum atomic E-state index is 12.8. The lowest BCUT2D eigenvalue weighted by Crippen LogP contribution is -2.06. The molecular weight excluding hydrogens is 367 g/mol. The molecule has 134 valence electrons. The van der Waals surface area contributed by atoms with E-state index in [-0.39, 0.29) is 5.02 Å². The molecule has 0 saturated carbocycles. The first kappa shape index (κ1) is 17.9. The maximum Gasteiger partial charge on any atom is 0.416 e. The normalized spacial score (nSPS) is 11.3. The van der Waals surface area contributed by atoms with Gasteiger partial charge < -0.3 is 10.6 Å². The molecule has 0 aliphatic rings. The Morgan fingerprint density at radius 3 is 2.35 bits per heavy atom. The van der Waals surface area contributed by atoms with E-state index in [1.54, 1.807) is 37.6 Å². The summed E-state index contributed by atoms with van der Waals surface area (Å²) in [6, 6.07) is 8.34. The molecule has 0 aliphatic carbocycles. The Labute approximate surface area is 152 Å². The molecule has 3 rings (SSSR count). The van der Waals surface area contributed by atoms with Crippen LogP contribution in [-0.4, -0.2) is 22.0 Å². The van der Waals surface area contributed by atoms with Crippen LogP contribution in [0.1, 0.15) is 5.56 Å². The van der Waals surface area contributed by atoms with Crippen molar-refractivity contribution in [2.75, 3.05) is 17.7 Å². The third-order valence-corrected chi connectivity index (χ3v) is 3.80. The van der Waals surface area contributed by atoms with Gasteiger partial charge in [0.15, 0.2) is 0 Å². The molecule has 1 aromatic carbocycles. The first-order valence-electron chi connectivity index (χ1n) is 7.48. The third kappa shape index (κ3) is 4.02. The molecule has 5 nitrogen and oxygen atoms in total. The first-order chi connectivity index (χ1) is 12.4. The summed E-state index contributed by atoms with van der Waals surface area (Å²) in [6.45, 7) is 0. The summed E-state index contributed by atoms with van der Waals surface area (Å²) in [6.07, 6.45) is -1.18. The van der Waals surface area contributed by atoms with Gasteiger partial charge in [0, 0.05) is 31.1 Å². The van der Waals surface area contributed by atoms with Crippen LogP contribution in [0.15, 0.2) is 48.8 Å². The van der Waals surface area contributed by atoms with Gasteiger partial charge >= 0.3 is 6.18 Å². The first-order valence-corrected chi connectivity index (χ1v) is 7.85. The molecule has 0 saturated heterocycles. The van der Waals surface area contributed by atoms with Crippen molar-refractivity contribution in [2.24, 2.45) is 0 Å². The minimum absolute atomic E-state index is 0.0603. The topological polar surface area (TPSA) is 62.7 Å². The van der Waals surface area contributed by atoms with Gasteiger partial charge in [0.25, 0.3) is 0 Å². The number of anilines is 3. The van der Waals surface area contributed by atoms with Crippen molar-refractivity contribution in [1.82, 2.24) is 15.0 Å². The lowest BCUT2D eigenvalue weighted by molar-refractivity contribution is -0.137. The van der Waals surface area contributed by atoms with E-state index in [0.717, 1.165) is 17.7 Å². The van der Waals surface area contributed by atoms with Crippen molar-refractivity contribution in [3.63, 3.8) is 0 Å². The Kier molecular flexibility index (Phi) is 4.94. The molecule has 0 bridgehead atoms. The van der Waals surface area contributed by atoms with Crippen LogP contribution in [0.4, 0.5) is 30.6 Å². The fraction of sp³-hybridized carbons (Fsp3) is 0.118. The molecule has 2 N–H and O–H groups in total. The highest BCUT2D eigenvalue weighted by atomic mass is 35.5. The highest BCUT2D eigenvalue weighted by Gasteiger charge is 2.30. The number of nitrogens with one attached hydrogen (secondary N) is 2. The van der Waals surface area contributed by atoms with Gasteiger partial charge in [-0.25, -0.2) is 4.98 Å². The smallest absolute Gasteiger partial charge is 0.357 e. The number of hydrogen-bond donors (Lipinski definition) is 2. The molecule has 2 aromatic heterocycles. The van der Waals surface area contributed by atoms with Crippen LogP contribution in [0.5, 0.6) is 0 Å². The number of rotatable bonds is 4. The summed E-state index contributed by atoms with van der Waals surface area (Å²) in [4.78, 5) is 12.6. The average molecular weight is 380 g/mol. The van der Waals surface area contributed by atoms with Gasteiger partial charge in [-0.3, -0.25) is 4.98 Å². The summed E-state index contributed by atoms with van der Waals surface area (Å²) in [7, 11) is 1.67. The summed E-state index contributed by atoms with van der Waals surface area (Å²) in [5, 5.41) is 5.72. The quantitative estimate of drug-likeness (QED) is 0.668. The average Bonchev–Trinajstić information content (AvgIpc) is 2.63.